The molecule has 1 N–H and O–H groups in total. The molecule has 3 atom stereocenters. The Balaban J connectivity index is 1.87. The lowest BCUT2D eigenvalue weighted by molar-refractivity contribution is -0.156. The molecule has 2 aliphatic carbocycles. The Morgan fingerprint density at radius 2 is 1.72 bits per heavy atom. The van der Waals surface area contributed by atoms with E-state index in [1.54, 1.807) is 0 Å². The second-order valence-electron chi connectivity index (χ2n) is 5.96. The lowest BCUT2D eigenvalue weighted by Crippen LogP contribution is -2.47. The summed E-state index contributed by atoms with van der Waals surface area (Å²) in [7, 11) is 0. The first-order valence-electron chi connectivity index (χ1n) is 6.60. The van der Waals surface area contributed by atoms with Crippen LogP contribution < -0.4 is 0 Å². The molecular weight excluding hydrogens is 234 g/mol. The molecule has 0 radical (unpaired) electrons. The van der Waals surface area contributed by atoms with E-state index in [2.05, 4.69) is 0 Å². The van der Waals surface area contributed by atoms with Crippen molar-refractivity contribution in [3.63, 3.8) is 0 Å². The minimum atomic E-state index is -1.03. The number of amides is 2. The van der Waals surface area contributed by atoms with Crippen LogP contribution in [-0.2, 0) is 14.4 Å². The van der Waals surface area contributed by atoms with Gasteiger partial charge in [-0.1, -0.05) is 6.92 Å². The summed E-state index contributed by atoms with van der Waals surface area (Å²) >= 11 is 0. The standard InChI is InChI=1S/C13H17NO4/c1-6-4-8-9(5-6)12(16)14(11(8)15)10(13(17)18)7-2-3-7/h6-10H,2-5H2,1H3,(H,17,18). The molecule has 0 aromatic carbocycles. The normalized spacial score (nSPS) is 36.9. The second-order valence-corrected chi connectivity index (χ2v) is 5.96. The third-order valence-electron chi connectivity index (χ3n) is 4.51. The maximum Gasteiger partial charge on any atom is 0.327 e. The summed E-state index contributed by atoms with van der Waals surface area (Å²) in [4.78, 5) is 36.9. The summed E-state index contributed by atoms with van der Waals surface area (Å²) in [5, 5.41) is 9.25. The van der Waals surface area contributed by atoms with Crippen molar-refractivity contribution in [3.8, 4) is 0 Å². The molecule has 2 saturated carbocycles. The highest BCUT2D eigenvalue weighted by Crippen LogP contribution is 2.46. The number of rotatable bonds is 3. The van der Waals surface area contributed by atoms with E-state index in [1.807, 2.05) is 6.92 Å². The van der Waals surface area contributed by atoms with Gasteiger partial charge >= 0.3 is 5.97 Å². The smallest absolute Gasteiger partial charge is 0.327 e. The van der Waals surface area contributed by atoms with Crippen LogP contribution in [0.2, 0.25) is 0 Å². The summed E-state index contributed by atoms with van der Waals surface area (Å²) in [5.74, 6) is -1.67. The van der Waals surface area contributed by atoms with Crippen LogP contribution in [0.5, 0.6) is 0 Å². The van der Waals surface area contributed by atoms with Gasteiger partial charge in [-0.2, -0.15) is 0 Å². The largest absolute Gasteiger partial charge is 0.480 e. The van der Waals surface area contributed by atoms with Crippen molar-refractivity contribution < 1.29 is 19.5 Å². The molecule has 5 heteroatoms. The van der Waals surface area contributed by atoms with Crippen molar-refractivity contribution in [3.05, 3.63) is 0 Å². The summed E-state index contributed by atoms with van der Waals surface area (Å²) in [5.41, 5.74) is 0. The van der Waals surface area contributed by atoms with Gasteiger partial charge in [0.1, 0.15) is 6.04 Å². The van der Waals surface area contributed by atoms with Crippen LogP contribution in [0.4, 0.5) is 0 Å². The summed E-state index contributed by atoms with van der Waals surface area (Å²) in [6.45, 7) is 2.04. The molecule has 0 aromatic rings. The summed E-state index contributed by atoms with van der Waals surface area (Å²) in [6.07, 6.45) is 3.06. The number of aliphatic carboxylic acids is 1. The maximum atomic E-state index is 12.3. The average Bonchev–Trinajstić information content (AvgIpc) is 3.01. The molecule has 0 bridgehead atoms. The molecule has 18 heavy (non-hydrogen) atoms. The number of imide groups is 1. The van der Waals surface area contributed by atoms with Gasteiger partial charge in [0.2, 0.25) is 11.8 Å². The van der Waals surface area contributed by atoms with Gasteiger partial charge in [0, 0.05) is 0 Å². The number of nitrogens with zero attached hydrogens (tertiary/aromatic N) is 1. The molecule has 1 aliphatic heterocycles. The van der Waals surface area contributed by atoms with Crippen molar-refractivity contribution in [2.45, 2.75) is 38.6 Å². The highest BCUT2D eigenvalue weighted by molar-refractivity contribution is 6.08. The molecule has 5 nitrogen and oxygen atoms in total. The Morgan fingerprint density at radius 3 is 2.11 bits per heavy atom. The summed E-state index contributed by atoms with van der Waals surface area (Å²) in [6, 6.07) is -0.911. The minimum Gasteiger partial charge on any atom is -0.480 e. The zero-order chi connectivity index (χ0) is 13.0. The fourth-order valence-electron chi connectivity index (χ4n) is 3.51. The van der Waals surface area contributed by atoms with Crippen LogP contribution in [0.3, 0.4) is 0 Å². The van der Waals surface area contributed by atoms with E-state index in [9.17, 15) is 19.5 Å². The number of carboxylic acids is 1. The average molecular weight is 251 g/mol. The van der Waals surface area contributed by atoms with E-state index in [-0.39, 0.29) is 29.6 Å². The molecule has 1 saturated heterocycles. The molecule has 1 heterocycles. The second kappa shape index (κ2) is 3.80. The molecule has 0 spiro atoms. The molecule has 3 unspecified atom stereocenters. The Labute approximate surface area is 105 Å². The van der Waals surface area contributed by atoms with Crippen molar-refractivity contribution in [1.29, 1.82) is 0 Å². The third kappa shape index (κ3) is 1.56. The summed E-state index contributed by atoms with van der Waals surface area (Å²) < 4.78 is 0. The van der Waals surface area contributed by atoms with E-state index in [0.717, 1.165) is 30.6 Å². The van der Waals surface area contributed by atoms with Crippen molar-refractivity contribution in [2.24, 2.45) is 23.7 Å². The molecule has 3 rings (SSSR count). The lowest BCUT2D eigenvalue weighted by Gasteiger charge is -2.24. The Morgan fingerprint density at radius 1 is 1.22 bits per heavy atom. The van der Waals surface area contributed by atoms with Crippen molar-refractivity contribution >= 4 is 17.8 Å². The predicted molar refractivity (Wildman–Crippen MR) is 61.4 cm³/mol. The SMILES string of the molecule is CC1CC2C(=O)N(C(C(=O)O)C3CC3)C(=O)C2C1. The zero-order valence-electron chi connectivity index (χ0n) is 10.3. The van der Waals surface area contributed by atoms with Crippen LogP contribution in [0, 0.1) is 23.7 Å². The molecule has 0 aromatic heterocycles. The molecule has 3 fully saturated rings. The Bertz CT molecular complexity index is 405. The molecular formula is C13H17NO4. The van der Waals surface area contributed by atoms with Crippen LogP contribution in [0.15, 0.2) is 0 Å². The predicted octanol–water partition coefficient (Wildman–Crippen LogP) is 0.881. The van der Waals surface area contributed by atoms with Gasteiger partial charge in [-0.05, 0) is 37.5 Å². The first kappa shape index (κ1) is 11.7. The number of carbonyl (C=O) groups is 3. The highest BCUT2D eigenvalue weighted by Gasteiger charge is 2.57. The number of likely N-dealkylation sites (tertiary alicyclic amines) is 1. The van der Waals surface area contributed by atoms with Gasteiger partial charge in [-0.25, -0.2) is 4.79 Å². The first-order chi connectivity index (χ1) is 8.50. The van der Waals surface area contributed by atoms with Crippen LogP contribution >= 0.6 is 0 Å². The number of hydrogen-bond donors (Lipinski definition) is 1. The fourth-order valence-corrected chi connectivity index (χ4v) is 3.51. The number of carbonyl (C=O) groups excluding carboxylic acids is 2. The van der Waals surface area contributed by atoms with Gasteiger partial charge < -0.3 is 5.11 Å². The number of carboxylic acid groups (broad SMARTS) is 1. The topological polar surface area (TPSA) is 74.7 Å². The number of fused-ring (bicyclic) bond motifs is 1. The van der Waals surface area contributed by atoms with Gasteiger partial charge in [-0.3, -0.25) is 14.5 Å². The van der Waals surface area contributed by atoms with Crippen molar-refractivity contribution in [2.75, 3.05) is 0 Å². The molecule has 98 valence electrons. The quantitative estimate of drug-likeness (QED) is 0.756. The van der Waals surface area contributed by atoms with E-state index >= 15 is 0 Å². The molecule has 3 aliphatic rings. The Hall–Kier alpha value is -1.39. The van der Waals surface area contributed by atoms with Crippen LogP contribution in [0.25, 0.3) is 0 Å². The minimum absolute atomic E-state index is 0.0216. The van der Waals surface area contributed by atoms with Crippen LogP contribution in [-0.4, -0.2) is 33.8 Å². The fraction of sp³-hybridized carbons (Fsp3) is 0.769. The third-order valence-corrected chi connectivity index (χ3v) is 4.51. The van der Waals surface area contributed by atoms with E-state index in [1.165, 1.54) is 0 Å². The monoisotopic (exact) mass is 251 g/mol. The van der Waals surface area contributed by atoms with Crippen molar-refractivity contribution in [1.82, 2.24) is 4.90 Å². The van der Waals surface area contributed by atoms with Crippen LogP contribution in [0.1, 0.15) is 32.6 Å². The maximum absolute atomic E-state index is 12.3. The first-order valence-corrected chi connectivity index (χ1v) is 6.60. The highest BCUT2D eigenvalue weighted by atomic mass is 16.4. The Kier molecular flexibility index (Phi) is 2.47. The number of hydrogen-bond acceptors (Lipinski definition) is 3. The van der Waals surface area contributed by atoms with E-state index in [0.29, 0.717) is 5.92 Å². The zero-order valence-corrected chi connectivity index (χ0v) is 10.3. The van der Waals surface area contributed by atoms with Gasteiger partial charge in [0.25, 0.3) is 0 Å². The van der Waals surface area contributed by atoms with E-state index < -0.39 is 12.0 Å². The van der Waals surface area contributed by atoms with Gasteiger partial charge in [0.15, 0.2) is 0 Å². The van der Waals surface area contributed by atoms with E-state index in [4.69, 9.17) is 0 Å². The van der Waals surface area contributed by atoms with Gasteiger partial charge in [-0.15, -0.1) is 0 Å². The van der Waals surface area contributed by atoms with Gasteiger partial charge in [0.05, 0.1) is 11.8 Å². The lowest BCUT2D eigenvalue weighted by atomic mass is 10.00. The molecule has 2 amide bonds.